The molecule has 0 aliphatic rings. The minimum absolute atomic E-state index is 0.680. The quantitative estimate of drug-likeness (QED) is 0.471. The summed E-state index contributed by atoms with van der Waals surface area (Å²) in [5, 5.41) is 1.94. The van der Waals surface area contributed by atoms with Gasteiger partial charge in [0, 0.05) is 23.0 Å². The Labute approximate surface area is 104 Å². The molecule has 1 heterocycles. The van der Waals surface area contributed by atoms with Crippen molar-refractivity contribution < 1.29 is 0 Å². The lowest BCUT2D eigenvalue weighted by molar-refractivity contribution is 0.474. The van der Waals surface area contributed by atoms with Crippen molar-refractivity contribution in [3.63, 3.8) is 0 Å². The van der Waals surface area contributed by atoms with Gasteiger partial charge >= 0.3 is 0 Å². The molecule has 15 heavy (non-hydrogen) atoms. The molecule has 0 bridgehead atoms. The van der Waals surface area contributed by atoms with E-state index in [1.165, 1.54) is 0 Å². The molecule has 0 N–H and O–H groups in total. The van der Waals surface area contributed by atoms with E-state index >= 15 is 0 Å². The van der Waals surface area contributed by atoms with Gasteiger partial charge in [-0.25, -0.2) is 9.97 Å². The highest BCUT2D eigenvalue weighted by molar-refractivity contribution is 9.09. The fourth-order valence-corrected chi connectivity index (χ4v) is 3.58. The first-order valence-electron chi connectivity index (χ1n) is 5.12. The van der Waals surface area contributed by atoms with E-state index < -0.39 is 0 Å². The zero-order chi connectivity index (χ0) is 11.3. The Morgan fingerprint density at radius 3 is 2.73 bits per heavy atom. The number of aryl methyl sites for hydroxylation is 1. The van der Waals surface area contributed by atoms with Crippen molar-refractivity contribution in [2.24, 2.45) is 11.8 Å². The number of thioether (sulfide) groups is 1. The minimum atomic E-state index is 0.680. The molecule has 0 aliphatic heterocycles. The van der Waals surface area contributed by atoms with E-state index in [9.17, 15) is 0 Å². The van der Waals surface area contributed by atoms with E-state index in [4.69, 9.17) is 0 Å². The molecule has 1 unspecified atom stereocenters. The van der Waals surface area contributed by atoms with Crippen LogP contribution in [0.25, 0.3) is 0 Å². The largest absolute Gasteiger partial charge is 0.231 e. The van der Waals surface area contributed by atoms with Crippen molar-refractivity contribution in [1.82, 2.24) is 9.97 Å². The lowest BCUT2D eigenvalue weighted by Gasteiger charge is -2.16. The minimum Gasteiger partial charge on any atom is -0.231 e. The summed E-state index contributed by atoms with van der Waals surface area (Å²) in [5.41, 5.74) is 1.03. The second-order valence-corrected chi connectivity index (χ2v) is 5.58. The molecule has 1 aromatic heterocycles. The van der Waals surface area contributed by atoms with Gasteiger partial charge in [-0.15, -0.1) is 0 Å². The van der Waals surface area contributed by atoms with Crippen LogP contribution in [0.5, 0.6) is 0 Å². The number of hydrogen-bond acceptors (Lipinski definition) is 3. The molecule has 0 saturated carbocycles. The Kier molecular flexibility index (Phi) is 5.61. The Bertz CT molecular complexity index is 304. The van der Waals surface area contributed by atoms with Gasteiger partial charge in [-0.05, 0) is 24.8 Å². The number of hydrogen-bond donors (Lipinski definition) is 0. The molecular weight excluding hydrogens is 272 g/mol. The van der Waals surface area contributed by atoms with Crippen molar-refractivity contribution in [3.05, 3.63) is 18.0 Å². The van der Waals surface area contributed by atoms with Gasteiger partial charge < -0.3 is 0 Å². The second kappa shape index (κ2) is 6.48. The van der Waals surface area contributed by atoms with Crippen molar-refractivity contribution in [3.8, 4) is 0 Å². The first kappa shape index (κ1) is 13.0. The highest BCUT2D eigenvalue weighted by Crippen LogP contribution is 2.22. The summed E-state index contributed by atoms with van der Waals surface area (Å²) in [7, 11) is 0. The van der Waals surface area contributed by atoms with Crippen LogP contribution < -0.4 is 0 Å². The van der Waals surface area contributed by atoms with Crippen LogP contribution in [0, 0.1) is 18.8 Å². The van der Waals surface area contributed by atoms with Crippen LogP contribution in [-0.2, 0) is 0 Å². The maximum absolute atomic E-state index is 4.38. The average Bonchev–Trinajstić information content (AvgIpc) is 2.18. The Morgan fingerprint density at radius 1 is 1.47 bits per heavy atom. The summed E-state index contributed by atoms with van der Waals surface area (Å²) in [6.45, 7) is 6.50. The van der Waals surface area contributed by atoms with Crippen LogP contribution in [0.2, 0.25) is 0 Å². The predicted molar refractivity (Wildman–Crippen MR) is 69.6 cm³/mol. The van der Waals surface area contributed by atoms with E-state index in [0.29, 0.717) is 11.8 Å². The first-order chi connectivity index (χ1) is 7.13. The number of aromatic nitrogens is 2. The third kappa shape index (κ3) is 4.51. The summed E-state index contributed by atoms with van der Waals surface area (Å²) in [5.74, 6) is 2.45. The third-order valence-corrected chi connectivity index (χ3v) is 4.22. The molecule has 1 aromatic rings. The molecule has 1 atom stereocenters. The summed E-state index contributed by atoms with van der Waals surface area (Å²) in [4.78, 5) is 8.62. The summed E-state index contributed by atoms with van der Waals surface area (Å²) in [6.07, 6.45) is 1.82. The van der Waals surface area contributed by atoms with Gasteiger partial charge in [0.1, 0.15) is 0 Å². The van der Waals surface area contributed by atoms with Crippen LogP contribution in [0.15, 0.2) is 17.4 Å². The van der Waals surface area contributed by atoms with Gasteiger partial charge in [0.05, 0.1) is 0 Å². The van der Waals surface area contributed by atoms with Crippen LogP contribution in [-0.4, -0.2) is 21.1 Å². The summed E-state index contributed by atoms with van der Waals surface area (Å²) < 4.78 is 0. The van der Waals surface area contributed by atoms with Crippen molar-refractivity contribution in [2.75, 3.05) is 11.1 Å². The average molecular weight is 289 g/mol. The lowest BCUT2D eigenvalue weighted by atomic mass is 10.0. The van der Waals surface area contributed by atoms with Crippen LogP contribution in [0.1, 0.15) is 19.5 Å². The van der Waals surface area contributed by atoms with E-state index in [1.54, 1.807) is 11.8 Å². The third-order valence-electron chi connectivity index (χ3n) is 2.34. The van der Waals surface area contributed by atoms with Gasteiger partial charge in [0.25, 0.3) is 0 Å². The van der Waals surface area contributed by atoms with Crippen LogP contribution >= 0.6 is 27.7 Å². The number of nitrogens with zero attached hydrogens (tertiary/aromatic N) is 2. The maximum Gasteiger partial charge on any atom is 0.187 e. The summed E-state index contributed by atoms with van der Waals surface area (Å²) >= 11 is 5.29. The van der Waals surface area contributed by atoms with Crippen LogP contribution in [0.4, 0.5) is 0 Å². The zero-order valence-electron chi connectivity index (χ0n) is 9.40. The number of alkyl halides is 1. The molecule has 0 aliphatic carbocycles. The SMILES string of the molecule is Cc1ccnc(SCC(CBr)C(C)C)n1. The normalized spacial score (nSPS) is 13.1. The Morgan fingerprint density at radius 2 is 2.20 bits per heavy atom. The molecule has 0 saturated heterocycles. The molecule has 2 nitrogen and oxygen atoms in total. The topological polar surface area (TPSA) is 25.8 Å². The van der Waals surface area contributed by atoms with Crippen molar-refractivity contribution in [1.29, 1.82) is 0 Å². The van der Waals surface area contributed by atoms with Gasteiger partial charge in [0.15, 0.2) is 5.16 Å². The molecule has 0 spiro atoms. The Hall–Kier alpha value is -0.0900. The zero-order valence-corrected chi connectivity index (χ0v) is 11.8. The molecule has 84 valence electrons. The lowest BCUT2D eigenvalue weighted by Crippen LogP contribution is -2.13. The molecule has 4 heteroatoms. The smallest absolute Gasteiger partial charge is 0.187 e. The van der Waals surface area contributed by atoms with Crippen molar-refractivity contribution in [2.45, 2.75) is 25.9 Å². The van der Waals surface area contributed by atoms with Gasteiger partial charge in [-0.1, -0.05) is 41.5 Å². The van der Waals surface area contributed by atoms with Gasteiger partial charge in [0.2, 0.25) is 0 Å². The molecule has 1 rings (SSSR count). The molecular formula is C11H17BrN2S. The highest BCUT2D eigenvalue weighted by Gasteiger charge is 2.12. The summed E-state index contributed by atoms with van der Waals surface area (Å²) in [6, 6.07) is 1.93. The van der Waals surface area contributed by atoms with E-state index in [1.807, 2.05) is 19.2 Å². The van der Waals surface area contributed by atoms with E-state index in [2.05, 4.69) is 39.7 Å². The molecule has 0 amide bonds. The molecule has 0 fully saturated rings. The second-order valence-electron chi connectivity index (χ2n) is 3.95. The van der Waals surface area contributed by atoms with Gasteiger partial charge in [-0.2, -0.15) is 0 Å². The van der Waals surface area contributed by atoms with Gasteiger partial charge in [-0.3, -0.25) is 0 Å². The maximum atomic E-state index is 4.38. The van der Waals surface area contributed by atoms with E-state index in [-0.39, 0.29) is 0 Å². The number of rotatable bonds is 5. The Balaban J connectivity index is 2.49. The van der Waals surface area contributed by atoms with Crippen LogP contribution in [0.3, 0.4) is 0 Å². The fourth-order valence-electron chi connectivity index (χ4n) is 1.09. The van der Waals surface area contributed by atoms with E-state index in [0.717, 1.165) is 21.9 Å². The fraction of sp³-hybridized carbons (Fsp3) is 0.636. The standard InChI is InChI=1S/C11H17BrN2S/c1-8(2)10(6-12)7-15-11-13-5-4-9(3)14-11/h4-5,8,10H,6-7H2,1-3H3. The first-order valence-corrected chi connectivity index (χ1v) is 7.22. The highest BCUT2D eigenvalue weighted by atomic mass is 79.9. The molecule has 0 radical (unpaired) electrons. The monoisotopic (exact) mass is 288 g/mol. The predicted octanol–water partition coefficient (Wildman–Crippen LogP) is 3.54. The molecule has 0 aromatic carbocycles. The number of halogens is 1. The van der Waals surface area contributed by atoms with Crippen molar-refractivity contribution >= 4 is 27.7 Å².